The molecule has 1 N–H and O–H groups in total. The predicted molar refractivity (Wildman–Crippen MR) is 125 cm³/mol. The van der Waals surface area contributed by atoms with Gasteiger partial charge in [0, 0.05) is 46.9 Å². The largest absolute Gasteiger partial charge is 0.351 e. The molecule has 30 heavy (non-hydrogen) atoms. The molecule has 4 rings (SSSR count). The number of nitrogens with zero attached hydrogens (tertiary/aromatic N) is 3. The Bertz CT molecular complexity index is 1020. The molecule has 156 valence electrons. The number of pyridine rings is 2. The Morgan fingerprint density at radius 1 is 1.20 bits per heavy atom. The van der Waals surface area contributed by atoms with Crippen molar-refractivity contribution in [3.05, 3.63) is 58.8 Å². The summed E-state index contributed by atoms with van der Waals surface area (Å²) in [7, 11) is 2.17. The molecular formula is C24H27BrN4O. The fraction of sp³-hybridized carbons (Fsp3) is 0.375. The van der Waals surface area contributed by atoms with Gasteiger partial charge in [-0.05, 0) is 56.3 Å². The summed E-state index contributed by atoms with van der Waals surface area (Å²) in [6, 6.07) is 12.2. The normalized spacial score (nSPS) is 14.9. The highest BCUT2D eigenvalue weighted by Crippen LogP contribution is 2.27. The molecule has 0 bridgehead atoms. The van der Waals surface area contributed by atoms with Gasteiger partial charge in [-0.15, -0.1) is 0 Å². The maximum absolute atomic E-state index is 13.1. The molecule has 6 heteroatoms. The third-order valence-electron chi connectivity index (χ3n) is 5.92. The summed E-state index contributed by atoms with van der Waals surface area (Å²) < 4.78 is 0.928. The molecular weight excluding hydrogens is 440 g/mol. The van der Waals surface area contributed by atoms with Gasteiger partial charge in [0.25, 0.3) is 5.91 Å². The van der Waals surface area contributed by atoms with E-state index in [1.54, 1.807) is 12.4 Å². The van der Waals surface area contributed by atoms with E-state index >= 15 is 0 Å². The van der Waals surface area contributed by atoms with E-state index < -0.39 is 0 Å². The van der Waals surface area contributed by atoms with Crippen LogP contribution in [0.1, 0.15) is 42.5 Å². The standard InChI is InChI=1S/C24H27BrN4O/c1-29(19-7-3-2-4-8-19)13-12-27-24(30)21-15-23(17-6-5-11-26-16-17)28-22-10-9-18(25)14-20(21)22/h5-6,9-11,14-16,19H,2-4,7-8,12-13H2,1H3,(H,27,30). The predicted octanol–water partition coefficient (Wildman–Crippen LogP) is 5.05. The van der Waals surface area contributed by atoms with Gasteiger partial charge in [-0.25, -0.2) is 4.98 Å². The first-order chi connectivity index (χ1) is 14.6. The molecule has 0 atom stereocenters. The molecule has 1 amide bonds. The van der Waals surface area contributed by atoms with E-state index in [0.29, 0.717) is 18.2 Å². The lowest BCUT2D eigenvalue weighted by Crippen LogP contribution is -2.39. The van der Waals surface area contributed by atoms with Crippen LogP contribution in [-0.2, 0) is 0 Å². The van der Waals surface area contributed by atoms with Crippen molar-refractivity contribution in [3.8, 4) is 11.3 Å². The van der Waals surface area contributed by atoms with E-state index in [1.165, 1.54) is 32.1 Å². The first-order valence-corrected chi connectivity index (χ1v) is 11.4. The molecule has 2 aromatic heterocycles. The minimum atomic E-state index is -0.0670. The van der Waals surface area contributed by atoms with Crippen molar-refractivity contribution >= 4 is 32.7 Å². The summed E-state index contributed by atoms with van der Waals surface area (Å²) in [6.07, 6.45) is 10.0. The van der Waals surface area contributed by atoms with Crippen LogP contribution in [0.3, 0.4) is 0 Å². The van der Waals surface area contributed by atoms with Gasteiger partial charge < -0.3 is 10.2 Å². The number of fused-ring (bicyclic) bond motifs is 1. The van der Waals surface area contributed by atoms with Crippen molar-refractivity contribution in [1.82, 2.24) is 20.2 Å². The third kappa shape index (κ3) is 4.87. The number of nitrogens with one attached hydrogen (secondary N) is 1. The lowest BCUT2D eigenvalue weighted by molar-refractivity contribution is 0.0946. The molecule has 1 fully saturated rings. The van der Waals surface area contributed by atoms with Gasteiger partial charge in [0.1, 0.15) is 0 Å². The van der Waals surface area contributed by atoms with Crippen LogP contribution in [-0.4, -0.2) is 47.0 Å². The number of aromatic nitrogens is 2. The Balaban J connectivity index is 1.54. The minimum Gasteiger partial charge on any atom is -0.351 e. The summed E-state index contributed by atoms with van der Waals surface area (Å²) in [5.41, 5.74) is 3.08. The zero-order valence-corrected chi connectivity index (χ0v) is 18.9. The average molecular weight is 467 g/mol. The highest BCUT2D eigenvalue weighted by Gasteiger charge is 2.18. The Morgan fingerprint density at radius 2 is 2.03 bits per heavy atom. The molecule has 2 heterocycles. The zero-order valence-electron chi connectivity index (χ0n) is 17.3. The molecule has 1 aromatic carbocycles. The van der Waals surface area contributed by atoms with Crippen LogP contribution in [0, 0.1) is 0 Å². The first-order valence-electron chi connectivity index (χ1n) is 10.6. The van der Waals surface area contributed by atoms with Crippen LogP contribution >= 0.6 is 15.9 Å². The SMILES string of the molecule is CN(CCNC(=O)c1cc(-c2cccnc2)nc2ccc(Br)cc12)C1CCCCC1. The van der Waals surface area contributed by atoms with Crippen molar-refractivity contribution in [1.29, 1.82) is 0 Å². The first kappa shape index (κ1) is 20.9. The van der Waals surface area contributed by atoms with E-state index in [2.05, 4.69) is 38.2 Å². The second-order valence-electron chi connectivity index (χ2n) is 7.99. The van der Waals surface area contributed by atoms with Gasteiger partial charge >= 0.3 is 0 Å². The number of benzene rings is 1. The topological polar surface area (TPSA) is 58.1 Å². The van der Waals surface area contributed by atoms with Crippen LogP contribution in [0.4, 0.5) is 0 Å². The second-order valence-corrected chi connectivity index (χ2v) is 8.90. The fourth-order valence-corrected chi connectivity index (χ4v) is 4.55. The van der Waals surface area contributed by atoms with Crippen molar-refractivity contribution in [3.63, 3.8) is 0 Å². The maximum Gasteiger partial charge on any atom is 0.252 e. The van der Waals surface area contributed by atoms with Crippen molar-refractivity contribution < 1.29 is 4.79 Å². The number of likely N-dealkylation sites (N-methyl/N-ethyl adjacent to an activating group) is 1. The van der Waals surface area contributed by atoms with E-state index in [-0.39, 0.29) is 5.91 Å². The van der Waals surface area contributed by atoms with E-state index in [9.17, 15) is 4.79 Å². The quantitative estimate of drug-likeness (QED) is 0.551. The zero-order chi connectivity index (χ0) is 20.9. The summed E-state index contributed by atoms with van der Waals surface area (Å²) in [5, 5.41) is 3.96. The Hall–Kier alpha value is -2.31. The van der Waals surface area contributed by atoms with Crippen molar-refractivity contribution in [2.45, 2.75) is 38.1 Å². The smallest absolute Gasteiger partial charge is 0.252 e. The van der Waals surface area contributed by atoms with Gasteiger partial charge in [-0.3, -0.25) is 9.78 Å². The molecule has 1 saturated carbocycles. The third-order valence-corrected chi connectivity index (χ3v) is 6.41. The van der Waals surface area contributed by atoms with Gasteiger partial charge in [0.05, 0.1) is 16.8 Å². The van der Waals surface area contributed by atoms with Gasteiger partial charge in [-0.2, -0.15) is 0 Å². The van der Waals surface area contributed by atoms with Crippen molar-refractivity contribution in [2.75, 3.05) is 20.1 Å². The lowest BCUT2D eigenvalue weighted by atomic mass is 9.94. The van der Waals surface area contributed by atoms with Crippen LogP contribution < -0.4 is 5.32 Å². The van der Waals surface area contributed by atoms with Gasteiger partial charge in [0.15, 0.2) is 0 Å². The second kappa shape index (κ2) is 9.67. The minimum absolute atomic E-state index is 0.0670. The monoisotopic (exact) mass is 466 g/mol. The number of amides is 1. The summed E-state index contributed by atoms with van der Waals surface area (Å²) in [4.78, 5) is 24.5. The molecule has 0 radical (unpaired) electrons. The number of carbonyl (C=O) groups is 1. The van der Waals surface area contributed by atoms with E-state index in [0.717, 1.165) is 33.2 Å². The summed E-state index contributed by atoms with van der Waals surface area (Å²) in [6.45, 7) is 1.49. The number of halogens is 1. The molecule has 1 aliphatic rings. The Morgan fingerprint density at radius 3 is 2.80 bits per heavy atom. The number of hydrogen-bond donors (Lipinski definition) is 1. The Labute approximate surface area is 186 Å². The Kier molecular flexibility index (Phi) is 6.75. The van der Waals surface area contributed by atoms with Crippen LogP contribution in [0.2, 0.25) is 0 Å². The summed E-state index contributed by atoms with van der Waals surface area (Å²) >= 11 is 3.52. The van der Waals surface area contributed by atoms with Crippen LogP contribution in [0.25, 0.3) is 22.2 Å². The maximum atomic E-state index is 13.1. The molecule has 0 spiro atoms. The molecule has 3 aromatic rings. The molecule has 0 aliphatic heterocycles. The van der Waals surface area contributed by atoms with Crippen LogP contribution in [0.15, 0.2) is 53.3 Å². The molecule has 1 aliphatic carbocycles. The van der Waals surface area contributed by atoms with Gasteiger partial charge in [-0.1, -0.05) is 35.2 Å². The van der Waals surface area contributed by atoms with Gasteiger partial charge in [0.2, 0.25) is 0 Å². The highest BCUT2D eigenvalue weighted by molar-refractivity contribution is 9.10. The highest BCUT2D eigenvalue weighted by atomic mass is 79.9. The molecule has 0 unspecified atom stereocenters. The number of hydrogen-bond acceptors (Lipinski definition) is 4. The van der Waals surface area contributed by atoms with E-state index in [4.69, 9.17) is 4.98 Å². The van der Waals surface area contributed by atoms with E-state index in [1.807, 2.05) is 36.4 Å². The number of rotatable bonds is 6. The number of carbonyl (C=O) groups excluding carboxylic acids is 1. The van der Waals surface area contributed by atoms with Crippen LogP contribution in [0.5, 0.6) is 0 Å². The average Bonchev–Trinajstić information content (AvgIpc) is 2.79. The molecule has 0 saturated heterocycles. The molecule has 5 nitrogen and oxygen atoms in total. The lowest BCUT2D eigenvalue weighted by Gasteiger charge is -2.31. The summed E-state index contributed by atoms with van der Waals surface area (Å²) in [5.74, 6) is -0.0670. The van der Waals surface area contributed by atoms with Crippen molar-refractivity contribution in [2.24, 2.45) is 0 Å². The fourth-order valence-electron chi connectivity index (χ4n) is 4.19.